The number of nitrogens with one attached hydrogen (secondary N) is 1. The largest absolute Gasteiger partial charge is 0.469 e. The topological polar surface area (TPSA) is 92.8 Å². The van der Waals surface area contributed by atoms with Crippen LogP contribution in [0.25, 0.3) is 0 Å². The molecule has 25 heavy (non-hydrogen) atoms. The molecular formula is C17H22N2O5S. The van der Waals surface area contributed by atoms with Crippen molar-refractivity contribution in [3.63, 3.8) is 0 Å². The Bertz CT molecular complexity index is 741. The van der Waals surface area contributed by atoms with E-state index in [-0.39, 0.29) is 17.7 Å². The second-order valence-electron chi connectivity index (χ2n) is 6.26. The summed E-state index contributed by atoms with van der Waals surface area (Å²) in [6.45, 7) is 1.14. The molecule has 1 aliphatic heterocycles. The van der Waals surface area contributed by atoms with Crippen molar-refractivity contribution in [2.24, 2.45) is 5.92 Å². The molecule has 2 aromatic heterocycles. The second kappa shape index (κ2) is 7.45. The van der Waals surface area contributed by atoms with E-state index < -0.39 is 10.0 Å². The van der Waals surface area contributed by atoms with E-state index in [2.05, 4.69) is 5.32 Å². The molecule has 136 valence electrons. The maximum absolute atomic E-state index is 12.5. The molecule has 0 aliphatic carbocycles. The van der Waals surface area contributed by atoms with Crippen molar-refractivity contribution < 1.29 is 22.0 Å². The molecule has 1 saturated heterocycles. The van der Waals surface area contributed by atoms with Crippen LogP contribution >= 0.6 is 0 Å². The Kier molecular flexibility index (Phi) is 5.29. The number of sulfonamides is 1. The molecule has 0 saturated carbocycles. The third-order valence-corrected chi connectivity index (χ3v) is 5.85. The molecule has 0 atom stereocenters. The average Bonchev–Trinajstić information content (AvgIpc) is 3.28. The van der Waals surface area contributed by atoms with Crippen molar-refractivity contribution in [2.75, 3.05) is 25.9 Å². The van der Waals surface area contributed by atoms with Crippen LogP contribution in [0.2, 0.25) is 0 Å². The van der Waals surface area contributed by atoms with Crippen molar-refractivity contribution in [3.05, 3.63) is 48.3 Å². The van der Waals surface area contributed by atoms with Gasteiger partial charge >= 0.3 is 0 Å². The van der Waals surface area contributed by atoms with Gasteiger partial charge in [-0.3, -0.25) is 4.79 Å². The van der Waals surface area contributed by atoms with Gasteiger partial charge in [-0.05, 0) is 37.1 Å². The molecule has 3 rings (SSSR count). The van der Waals surface area contributed by atoms with Crippen LogP contribution in [0.1, 0.15) is 30.3 Å². The maximum Gasteiger partial charge on any atom is 0.223 e. The molecule has 1 amide bonds. The predicted octanol–water partition coefficient (Wildman–Crippen LogP) is 1.79. The van der Waals surface area contributed by atoms with Gasteiger partial charge in [0.05, 0.1) is 24.7 Å². The highest BCUT2D eigenvalue weighted by molar-refractivity contribution is 7.88. The fourth-order valence-corrected chi connectivity index (χ4v) is 3.99. The SMILES string of the molecule is CS(=O)(=O)N1CCC(C(=O)NCC(c2ccco2)c2ccco2)CC1. The first-order valence-electron chi connectivity index (χ1n) is 8.25. The van der Waals surface area contributed by atoms with Crippen LogP contribution in [-0.4, -0.2) is 44.5 Å². The van der Waals surface area contributed by atoms with Crippen LogP contribution in [0.4, 0.5) is 0 Å². The lowest BCUT2D eigenvalue weighted by atomic mass is 9.96. The first kappa shape index (κ1) is 17.8. The lowest BCUT2D eigenvalue weighted by molar-refractivity contribution is -0.126. The van der Waals surface area contributed by atoms with E-state index in [1.807, 2.05) is 12.1 Å². The molecule has 8 heteroatoms. The van der Waals surface area contributed by atoms with Crippen LogP contribution in [0.3, 0.4) is 0 Å². The average molecular weight is 366 g/mol. The molecule has 1 aliphatic rings. The van der Waals surface area contributed by atoms with E-state index in [0.717, 1.165) is 11.5 Å². The molecule has 0 aromatic carbocycles. The van der Waals surface area contributed by atoms with Crippen LogP contribution in [0.15, 0.2) is 45.6 Å². The van der Waals surface area contributed by atoms with Crippen LogP contribution in [-0.2, 0) is 14.8 Å². The number of amides is 1. The minimum Gasteiger partial charge on any atom is -0.469 e. The summed E-state index contributed by atoms with van der Waals surface area (Å²) >= 11 is 0. The van der Waals surface area contributed by atoms with Gasteiger partial charge in [0, 0.05) is 25.6 Å². The van der Waals surface area contributed by atoms with E-state index in [1.54, 1.807) is 24.7 Å². The van der Waals surface area contributed by atoms with Crippen molar-refractivity contribution >= 4 is 15.9 Å². The number of piperidine rings is 1. The summed E-state index contributed by atoms with van der Waals surface area (Å²) < 4.78 is 35.4. The van der Waals surface area contributed by atoms with Crippen molar-refractivity contribution in [3.8, 4) is 0 Å². The lowest BCUT2D eigenvalue weighted by Crippen LogP contribution is -2.43. The minimum absolute atomic E-state index is 0.0590. The summed E-state index contributed by atoms with van der Waals surface area (Å²) in [5, 5.41) is 2.96. The van der Waals surface area contributed by atoms with Gasteiger partial charge in [0.2, 0.25) is 15.9 Å². The second-order valence-corrected chi connectivity index (χ2v) is 8.25. The van der Waals surface area contributed by atoms with Gasteiger partial charge in [-0.15, -0.1) is 0 Å². The van der Waals surface area contributed by atoms with Gasteiger partial charge < -0.3 is 14.2 Å². The van der Waals surface area contributed by atoms with Crippen molar-refractivity contribution in [2.45, 2.75) is 18.8 Å². The molecule has 0 radical (unpaired) electrons. The first-order chi connectivity index (χ1) is 11.9. The number of rotatable bonds is 6. The van der Waals surface area contributed by atoms with E-state index in [9.17, 15) is 13.2 Å². The molecule has 3 heterocycles. The Morgan fingerprint density at radius 2 is 1.76 bits per heavy atom. The predicted molar refractivity (Wildman–Crippen MR) is 91.4 cm³/mol. The van der Waals surface area contributed by atoms with Crippen LogP contribution in [0.5, 0.6) is 0 Å². The maximum atomic E-state index is 12.5. The molecule has 7 nitrogen and oxygen atoms in total. The molecule has 2 aromatic rings. The Balaban J connectivity index is 1.58. The van der Waals surface area contributed by atoms with Crippen LogP contribution in [0, 0.1) is 5.92 Å². The first-order valence-corrected chi connectivity index (χ1v) is 10.1. The van der Waals surface area contributed by atoms with E-state index in [0.29, 0.717) is 32.5 Å². The van der Waals surface area contributed by atoms with Gasteiger partial charge in [-0.1, -0.05) is 0 Å². The Labute approximate surface area is 147 Å². The Morgan fingerprint density at radius 1 is 1.20 bits per heavy atom. The van der Waals surface area contributed by atoms with Crippen molar-refractivity contribution in [1.29, 1.82) is 0 Å². The zero-order valence-corrected chi connectivity index (χ0v) is 14.9. The highest BCUT2D eigenvalue weighted by Gasteiger charge is 2.29. The fourth-order valence-electron chi connectivity index (χ4n) is 3.12. The van der Waals surface area contributed by atoms with Crippen LogP contribution < -0.4 is 5.32 Å². The van der Waals surface area contributed by atoms with Gasteiger partial charge in [-0.2, -0.15) is 0 Å². The Hall–Kier alpha value is -2.06. The normalized spacial score (nSPS) is 17.0. The fraction of sp³-hybridized carbons (Fsp3) is 0.471. The van der Waals surface area contributed by atoms with Gasteiger partial charge in [0.15, 0.2) is 0 Å². The summed E-state index contributed by atoms with van der Waals surface area (Å²) in [5.41, 5.74) is 0. The van der Waals surface area contributed by atoms with E-state index >= 15 is 0 Å². The Morgan fingerprint density at radius 3 is 2.20 bits per heavy atom. The quantitative estimate of drug-likeness (QED) is 0.841. The highest BCUT2D eigenvalue weighted by atomic mass is 32.2. The molecule has 1 N–H and O–H groups in total. The van der Waals surface area contributed by atoms with Gasteiger partial charge in [0.25, 0.3) is 0 Å². The minimum atomic E-state index is -3.18. The molecular weight excluding hydrogens is 344 g/mol. The monoisotopic (exact) mass is 366 g/mol. The number of furan rings is 2. The van der Waals surface area contributed by atoms with E-state index in [4.69, 9.17) is 8.83 Å². The number of carbonyl (C=O) groups is 1. The zero-order valence-electron chi connectivity index (χ0n) is 14.1. The molecule has 0 bridgehead atoms. The highest BCUT2D eigenvalue weighted by Crippen LogP contribution is 2.25. The number of carbonyl (C=O) groups excluding carboxylic acids is 1. The number of hydrogen-bond acceptors (Lipinski definition) is 5. The molecule has 1 fully saturated rings. The zero-order chi connectivity index (χ0) is 17.9. The lowest BCUT2D eigenvalue weighted by Gasteiger charge is -2.29. The third-order valence-electron chi connectivity index (χ3n) is 4.55. The number of hydrogen-bond donors (Lipinski definition) is 1. The van der Waals surface area contributed by atoms with Crippen molar-refractivity contribution in [1.82, 2.24) is 9.62 Å². The van der Waals surface area contributed by atoms with Gasteiger partial charge in [0.1, 0.15) is 11.5 Å². The summed E-state index contributed by atoms with van der Waals surface area (Å²) in [7, 11) is -3.18. The summed E-state index contributed by atoms with van der Waals surface area (Å²) in [4.78, 5) is 12.5. The standard InChI is InChI=1S/C17H22N2O5S/c1-25(21,22)19-8-6-13(7-9-19)17(20)18-12-14(15-4-2-10-23-15)16-5-3-11-24-16/h2-5,10-11,13-14H,6-9,12H2,1H3,(H,18,20). The smallest absolute Gasteiger partial charge is 0.223 e. The van der Waals surface area contributed by atoms with Gasteiger partial charge in [-0.25, -0.2) is 12.7 Å². The molecule has 0 unspecified atom stereocenters. The molecule has 0 spiro atoms. The third kappa shape index (κ3) is 4.32. The summed E-state index contributed by atoms with van der Waals surface area (Å²) in [6, 6.07) is 7.30. The number of nitrogens with zero attached hydrogens (tertiary/aromatic N) is 1. The summed E-state index contributed by atoms with van der Waals surface area (Å²) in [6.07, 6.45) is 5.45. The van der Waals surface area contributed by atoms with E-state index in [1.165, 1.54) is 10.6 Å². The summed E-state index contributed by atoms with van der Waals surface area (Å²) in [5.74, 6) is 1.03.